The van der Waals surface area contributed by atoms with Crippen LogP contribution in [0.25, 0.3) is 82.8 Å². The Morgan fingerprint density at radius 2 is 0.877 bits per heavy atom. The van der Waals surface area contributed by atoms with E-state index in [1.807, 2.05) is 12.1 Å². The van der Waals surface area contributed by atoms with Crippen molar-refractivity contribution in [2.45, 2.75) is 0 Å². The number of anilines is 3. The van der Waals surface area contributed by atoms with Crippen molar-refractivity contribution in [2.24, 2.45) is 0 Å². The van der Waals surface area contributed by atoms with Gasteiger partial charge in [-0.25, -0.2) is 0 Å². The van der Waals surface area contributed by atoms with E-state index in [0.29, 0.717) is 0 Å². The highest BCUT2D eigenvalue weighted by atomic mass is 16.3. The van der Waals surface area contributed by atoms with E-state index in [1.165, 1.54) is 33.0 Å². The van der Waals surface area contributed by atoms with Crippen molar-refractivity contribution in [3.05, 3.63) is 218 Å². The van der Waals surface area contributed by atoms with Crippen molar-refractivity contribution in [2.75, 3.05) is 4.90 Å². The molecule has 268 valence electrons. The fourth-order valence-electron chi connectivity index (χ4n) is 8.58. The van der Waals surface area contributed by atoms with Gasteiger partial charge in [-0.15, -0.1) is 0 Å². The van der Waals surface area contributed by atoms with Crippen LogP contribution < -0.4 is 4.90 Å². The maximum atomic E-state index is 6.68. The number of benzene rings is 9. The molecule has 0 radical (unpaired) electrons. The number of nitrogens with zero attached hydrogens (tertiary/aromatic N) is 2. The zero-order valence-electron chi connectivity index (χ0n) is 31.1. The van der Waals surface area contributed by atoms with E-state index in [4.69, 9.17) is 4.42 Å². The standard InChI is InChI=1S/C54H36N2O/c1-4-17-37(18-5-1)39-31-33-44-45-34-32-40(38-19-6-2-7-20-38)36-52(45)56(51(44)35-39)49-28-14-11-24-43(49)42-23-10-13-27-48(42)55(41-21-8-3-9-22-41)50-29-16-26-47-46-25-12-15-30-53(46)57-54(47)50/h1-36H. The molecule has 2 aromatic heterocycles. The van der Waals surface area contributed by atoms with Gasteiger partial charge in [0.15, 0.2) is 5.58 Å². The smallest absolute Gasteiger partial charge is 0.159 e. The van der Waals surface area contributed by atoms with Crippen LogP contribution in [0.2, 0.25) is 0 Å². The van der Waals surface area contributed by atoms with Crippen LogP contribution in [0.3, 0.4) is 0 Å². The van der Waals surface area contributed by atoms with Crippen LogP contribution in [0.5, 0.6) is 0 Å². The van der Waals surface area contributed by atoms with E-state index in [2.05, 4.69) is 216 Å². The molecule has 2 heterocycles. The number of hydrogen-bond acceptors (Lipinski definition) is 2. The molecule has 0 fully saturated rings. The molecule has 0 bridgehead atoms. The third-order valence-electron chi connectivity index (χ3n) is 11.2. The molecule has 0 amide bonds. The lowest BCUT2D eigenvalue weighted by Crippen LogP contribution is -2.11. The zero-order chi connectivity index (χ0) is 37.7. The quantitative estimate of drug-likeness (QED) is 0.163. The van der Waals surface area contributed by atoms with Crippen molar-refractivity contribution in [1.82, 2.24) is 4.57 Å². The molecule has 57 heavy (non-hydrogen) atoms. The number of para-hydroxylation sites is 5. The number of aromatic nitrogens is 1. The Hall–Kier alpha value is -7.62. The van der Waals surface area contributed by atoms with Gasteiger partial charge in [0.1, 0.15) is 5.58 Å². The van der Waals surface area contributed by atoms with Gasteiger partial charge in [0, 0.05) is 38.4 Å². The third-order valence-corrected chi connectivity index (χ3v) is 11.2. The summed E-state index contributed by atoms with van der Waals surface area (Å²) < 4.78 is 9.16. The molecule has 0 N–H and O–H groups in total. The topological polar surface area (TPSA) is 21.3 Å². The lowest BCUT2D eigenvalue weighted by Gasteiger charge is -2.28. The summed E-state index contributed by atoms with van der Waals surface area (Å²) in [6, 6.07) is 78.1. The first-order valence-electron chi connectivity index (χ1n) is 19.4. The number of furan rings is 1. The minimum atomic E-state index is 0.856. The summed E-state index contributed by atoms with van der Waals surface area (Å²) >= 11 is 0. The van der Waals surface area contributed by atoms with Crippen molar-refractivity contribution >= 4 is 60.8 Å². The molecular formula is C54H36N2O. The summed E-state index contributed by atoms with van der Waals surface area (Å²) in [6.45, 7) is 0. The molecule has 3 heteroatoms. The molecule has 9 aromatic carbocycles. The minimum Gasteiger partial charge on any atom is -0.454 e. The molecule has 0 unspecified atom stereocenters. The molecule has 0 aliphatic carbocycles. The summed E-state index contributed by atoms with van der Waals surface area (Å²) in [4.78, 5) is 2.35. The van der Waals surface area contributed by atoms with Crippen LogP contribution in [0.1, 0.15) is 0 Å². The Kier molecular flexibility index (Phi) is 7.82. The van der Waals surface area contributed by atoms with E-state index in [1.54, 1.807) is 0 Å². The first kappa shape index (κ1) is 32.8. The van der Waals surface area contributed by atoms with E-state index in [9.17, 15) is 0 Å². The molecule has 0 aliphatic heterocycles. The van der Waals surface area contributed by atoms with Gasteiger partial charge in [-0.2, -0.15) is 0 Å². The summed E-state index contributed by atoms with van der Waals surface area (Å²) in [7, 11) is 0. The molecule has 3 nitrogen and oxygen atoms in total. The second-order valence-corrected chi connectivity index (χ2v) is 14.5. The highest BCUT2D eigenvalue weighted by molar-refractivity contribution is 6.13. The largest absolute Gasteiger partial charge is 0.454 e. The van der Waals surface area contributed by atoms with Crippen molar-refractivity contribution < 1.29 is 4.42 Å². The van der Waals surface area contributed by atoms with Crippen molar-refractivity contribution in [3.8, 4) is 39.1 Å². The average Bonchev–Trinajstić information content (AvgIpc) is 3.83. The molecule has 11 aromatic rings. The third kappa shape index (κ3) is 5.51. The maximum absolute atomic E-state index is 6.68. The molecule has 11 rings (SSSR count). The highest BCUT2D eigenvalue weighted by Gasteiger charge is 2.24. The summed E-state index contributed by atoms with van der Waals surface area (Å²) in [5.74, 6) is 0. The molecule has 0 saturated heterocycles. The van der Waals surface area contributed by atoms with Crippen LogP contribution in [0.15, 0.2) is 223 Å². The zero-order valence-corrected chi connectivity index (χ0v) is 31.1. The normalized spacial score (nSPS) is 11.5. The number of fused-ring (bicyclic) bond motifs is 6. The molecule has 0 aliphatic rings. The van der Waals surface area contributed by atoms with Crippen LogP contribution in [-0.2, 0) is 0 Å². The number of rotatable bonds is 7. The van der Waals surface area contributed by atoms with Gasteiger partial charge in [-0.05, 0) is 70.8 Å². The lowest BCUT2D eigenvalue weighted by atomic mass is 9.99. The summed E-state index contributed by atoms with van der Waals surface area (Å²) in [5.41, 5.74) is 15.2. The van der Waals surface area contributed by atoms with Gasteiger partial charge in [0.25, 0.3) is 0 Å². The molecular weight excluding hydrogens is 693 g/mol. The highest BCUT2D eigenvalue weighted by Crippen LogP contribution is 2.47. The second-order valence-electron chi connectivity index (χ2n) is 14.5. The first-order valence-corrected chi connectivity index (χ1v) is 19.4. The Bertz CT molecular complexity index is 3140. The van der Waals surface area contributed by atoms with Gasteiger partial charge in [0.05, 0.1) is 28.1 Å². The van der Waals surface area contributed by atoms with Gasteiger partial charge >= 0.3 is 0 Å². The fourth-order valence-corrected chi connectivity index (χ4v) is 8.58. The Morgan fingerprint density at radius 1 is 0.351 bits per heavy atom. The van der Waals surface area contributed by atoms with Gasteiger partial charge in [0.2, 0.25) is 0 Å². The number of hydrogen-bond donors (Lipinski definition) is 0. The average molecular weight is 729 g/mol. The Balaban J connectivity index is 1.18. The maximum Gasteiger partial charge on any atom is 0.159 e. The Morgan fingerprint density at radius 3 is 1.56 bits per heavy atom. The molecule has 0 saturated carbocycles. The second kappa shape index (κ2) is 13.6. The van der Waals surface area contributed by atoms with E-state index >= 15 is 0 Å². The summed E-state index contributed by atoms with van der Waals surface area (Å²) in [5, 5.41) is 4.64. The van der Waals surface area contributed by atoms with Crippen LogP contribution in [0.4, 0.5) is 17.1 Å². The van der Waals surface area contributed by atoms with E-state index in [-0.39, 0.29) is 0 Å². The minimum absolute atomic E-state index is 0.856. The Labute approximate surface area is 330 Å². The van der Waals surface area contributed by atoms with Gasteiger partial charge in [-0.3, -0.25) is 0 Å². The lowest BCUT2D eigenvalue weighted by molar-refractivity contribution is 0.669. The van der Waals surface area contributed by atoms with Gasteiger partial charge < -0.3 is 13.9 Å². The van der Waals surface area contributed by atoms with Crippen LogP contribution in [-0.4, -0.2) is 4.57 Å². The van der Waals surface area contributed by atoms with E-state index in [0.717, 1.165) is 66.8 Å². The first-order chi connectivity index (χ1) is 28.3. The van der Waals surface area contributed by atoms with Crippen molar-refractivity contribution in [3.63, 3.8) is 0 Å². The predicted octanol–water partition coefficient (Wildman–Crippen LogP) is 15.2. The molecule has 0 spiro atoms. The van der Waals surface area contributed by atoms with Crippen molar-refractivity contribution in [1.29, 1.82) is 0 Å². The SMILES string of the molecule is c1ccc(-c2ccc3c4ccc(-c5ccccc5)cc4n(-c4ccccc4-c4ccccc4N(c4ccccc4)c4cccc5c4oc4ccccc45)c3c2)cc1. The summed E-state index contributed by atoms with van der Waals surface area (Å²) in [6.07, 6.45) is 0. The fraction of sp³-hybridized carbons (Fsp3) is 0. The van der Waals surface area contributed by atoms with E-state index < -0.39 is 0 Å². The predicted molar refractivity (Wildman–Crippen MR) is 239 cm³/mol. The van der Waals surface area contributed by atoms with Gasteiger partial charge in [-0.1, -0.05) is 170 Å². The monoisotopic (exact) mass is 728 g/mol. The molecule has 0 atom stereocenters. The van der Waals surface area contributed by atoms with Crippen LogP contribution in [0, 0.1) is 0 Å². The van der Waals surface area contributed by atoms with Crippen LogP contribution >= 0.6 is 0 Å².